The third-order valence-corrected chi connectivity index (χ3v) is 6.48. The van der Waals surface area contributed by atoms with Crippen molar-refractivity contribution in [1.29, 1.82) is 0 Å². The highest BCUT2D eigenvalue weighted by molar-refractivity contribution is 7.13. The summed E-state index contributed by atoms with van der Waals surface area (Å²) in [5, 5.41) is 6.78. The Bertz CT molecular complexity index is 744. The second-order valence-corrected chi connectivity index (χ2v) is 8.00. The van der Waals surface area contributed by atoms with E-state index < -0.39 is 0 Å². The molecule has 4 nitrogen and oxygen atoms in total. The van der Waals surface area contributed by atoms with E-state index in [9.17, 15) is 4.79 Å². The molecule has 0 bridgehead atoms. The normalized spacial score (nSPS) is 19.8. The number of likely N-dealkylation sites (tertiary alicyclic amines) is 1. The Labute approximate surface area is 150 Å². The molecule has 126 valence electrons. The van der Waals surface area contributed by atoms with Gasteiger partial charge in [0.15, 0.2) is 0 Å². The number of hydrogen-bond acceptors (Lipinski definition) is 4. The lowest BCUT2D eigenvalue weighted by Crippen LogP contribution is -2.44. The number of nitrogens with one attached hydrogen (secondary N) is 1. The van der Waals surface area contributed by atoms with Crippen LogP contribution in [0.3, 0.4) is 0 Å². The Morgan fingerprint density at radius 2 is 2.04 bits per heavy atom. The number of carbonyl (C=O) groups excluding carboxylic acids is 1. The average Bonchev–Trinajstić information content (AvgIpc) is 3.26. The number of aromatic nitrogens is 1. The number of hydrogen-bond donors (Lipinski definition) is 1. The van der Waals surface area contributed by atoms with Crippen LogP contribution in [0, 0.1) is 5.41 Å². The van der Waals surface area contributed by atoms with E-state index >= 15 is 0 Å². The van der Waals surface area contributed by atoms with Crippen LogP contribution in [-0.4, -0.2) is 42.0 Å². The van der Waals surface area contributed by atoms with Crippen LogP contribution >= 0.6 is 22.9 Å². The van der Waals surface area contributed by atoms with Crippen molar-refractivity contribution in [3.8, 4) is 10.6 Å². The van der Waals surface area contributed by atoms with Gasteiger partial charge in [0.1, 0.15) is 10.7 Å². The van der Waals surface area contributed by atoms with E-state index in [-0.39, 0.29) is 5.91 Å². The molecule has 2 aliphatic rings. The zero-order valence-electron chi connectivity index (χ0n) is 13.4. The van der Waals surface area contributed by atoms with Gasteiger partial charge in [-0.1, -0.05) is 29.8 Å². The summed E-state index contributed by atoms with van der Waals surface area (Å²) in [5.74, 6) is 0.0466. The molecule has 2 aliphatic heterocycles. The zero-order valence-corrected chi connectivity index (χ0v) is 15.0. The second-order valence-electron chi connectivity index (χ2n) is 6.74. The maximum Gasteiger partial charge on any atom is 0.273 e. The number of benzene rings is 1. The fraction of sp³-hybridized carbons (Fsp3) is 0.444. The molecule has 1 aromatic heterocycles. The van der Waals surface area contributed by atoms with E-state index in [2.05, 4.69) is 10.3 Å². The van der Waals surface area contributed by atoms with Crippen LogP contribution in [0.2, 0.25) is 5.02 Å². The lowest BCUT2D eigenvalue weighted by atomic mass is 9.78. The molecule has 1 spiro atoms. The van der Waals surface area contributed by atoms with E-state index in [1.807, 2.05) is 34.5 Å². The number of carbonyl (C=O) groups is 1. The van der Waals surface area contributed by atoms with Gasteiger partial charge in [-0.3, -0.25) is 4.79 Å². The molecule has 6 heteroatoms. The fourth-order valence-corrected chi connectivity index (χ4v) is 4.81. The van der Waals surface area contributed by atoms with Crippen molar-refractivity contribution < 1.29 is 4.79 Å². The molecule has 2 aromatic rings. The summed E-state index contributed by atoms with van der Waals surface area (Å²) in [6, 6.07) is 7.61. The van der Waals surface area contributed by atoms with Crippen molar-refractivity contribution in [2.24, 2.45) is 5.41 Å². The molecule has 0 saturated carbocycles. The quantitative estimate of drug-likeness (QED) is 0.887. The Morgan fingerprint density at radius 1 is 1.25 bits per heavy atom. The predicted octanol–water partition coefficient (Wildman–Crippen LogP) is 3.68. The largest absolute Gasteiger partial charge is 0.337 e. The Morgan fingerprint density at radius 3 is 2.75 bits per heavy atom. The highest BCUT2D eigenvalue weighted by atomic mass is 35.5. The number of halogens is 1. The second kappa shape index (κ2) is 6.47. The molecule has 0 aliphatic carbocycles. The molecule has 1 aromatic carbocycles. The first-order chi connectivity index (χ1) is 11.7. The molecule has 2 fully saturated rings. The number of piperidine rings is 1. The number of amides is 1. The minimum absolute atomic E-state index is 0.0466. The lowest BCUT2D eigenvalue weighted by molar-refractivity contribution is 0.0603. The van der Waals surface area contributed by atoms with E-state index in [1.165, 1.54) is 17.8 Å². The summed E-state index contributed by atoms with van der Waals surface area (Å²) in [4.78, 5) is 19.2. The summed E-state index contributed by atoms with van der Waals surface area (Å²) in [6.07, 6.45) is 3.42. The molecule has 0 atom stereocenters. The maximum atomic E-state index is 12.8. The van der Waals surface area contributed by atoms with Gasteiger partial charge in [-0.25, -0.2) is 4.98 Å². The zero-order chi connectivity index (χ0) is 16.6. The molecular formula is C18H20ClN3OS. The number of thiazole rings is 1. The highest BCUT2D eigenvalue weighted by Crippen LogP contribution is 2.37. The van der Waals surface area contributed by atoms with Crippen molar-refractivity contribution in [2.45, 2.75) is 19.3 Å². The SMILES string of the molecule is O=C(c1csc(-c2ccccc2Cl)n1)N1CCC2(CCNC2)CC1. The molecule has 3 heterocycles. The molecule has 0 radical (unpaired) electrons. The smallest absolute Gasteiger partial charge is 0.273 e. The third-order valence-electron chi connectivity index (χ3n) is 5.27. The molecule has 2 saturated heterocycles. The molecule has 1 amide bonds. The van der Waals surface area contributed by atoms with Crippen LogP contribution in [0.15, 0.2) is 29.6 Å². The first-order valence-corrected chi connectivity index (χ1v) is 9.63. The Kier molecular flexibility index (Phi) is 4.33. The highest BCUT2D eigenvalue weighted by Gasteiger charge is 2.38. The summed E-state index contributed by atoms with van der Waals surface area (Å²) in [6.45, 7) is 3.88. The van der Waals surface area contributed by atoms with Crippen molar-refractivity contribution >= 4 is 28.8 Å². The molecule has 24 heavy (non-hydrogen) atoms. The maximum absolute atomic E-state index is 12.8. The van der Waals surface area contributed by atoms with Crippen molar-refractivity contribution in [3.63, 3.8) is 0 Å². The predicted molar refractivity (Wildman–Crippen MR) is 97.6 cm³/mol. The summed E-state index contributed by atoms with van der Waals surface area (Å²) >= 11 is 7.71. The Hall–Kier alpha value is -1.43. The summed E-state index contributed by atoms with van der Waals surface area (Å²) in [5.41, 5.74) is 1.84. The van der Waals surface area contributed by atoms with Crippen molar-refractivity contribution in [3.05, 3.63) is 40.4 Å². The number of rotatable bonds is 2. The minimum atomic E-state index is 0.0466. The fourth-order valence-electron chi connectivity index (χ4n) is 3.70. The van der Waals surface area contributed by atoms with E-state index in [0.717, 1.165) is 49.6 Å². The first-order valence-electron chi connectivity index (χ1n) is 8.37. The van der Waals surface area contributed by atoms with E-state index in [1.54, 1.807) is 0 Å². The third kappa shape index (κ3) is 2.96. The molecule has 4 rings (SSSR count). The molecular weight excluding hydrogens is 342 g/mol. The average molecular weight is 362 g/mol. The van der Waals surface area contributed by atoms with Gasteiger partial charge in [-0.2, -0.15) is 0 Å². The standard InChI is InChI=1S/C18H20ClN3OS/c19-14-4-2-1-3-13(14)16-21-15(11-24-16)17(23)22-9-6-18(7-10-22)5-8-20-12-18/h1-4,11,20H,5-10,12H2. The van der Waals surface area contributed by atoms with Crippen LogP contribution in [-0.2, 0) is 0 Å². The molecule has 0 unspecified atom stereocenters. The van der Waals surface area contributed by atoms with Crippen LogP contribution < -0.4 is 5.32 Å². The minimum Gasteiger partial charge on any atom is -0.337 e. The van der Waals surface area contributed by atoms with Crippen LogP contribution in [0.25, 0.3) is 10.6 Å². The number of nitrogens with zero attached hydrogens (tertiary/aromatic N) is 2. The van der Waals surface area contributed by atoms with Crippen LogP contribution in [0.1, 0.15) is 29.8 Å². The lowest BCUT2D eigenvalue weighted by Gasteiger charge is -2.38. The van der Waals surface area contributed by atoms with Gasteiger partial charge in [0.25, 0.3) is 5.91 Å². The van der Waals surface area contributed by atoms with Crippen LogP contribution in [0.5, 0.6) is 0 Å². The summed E-state index contributed by atoms with van der Waals surface area (Å²) < 4.78 is 0. The monoisotopic (exact) mass is 361 g/mol. The Balaban J connectivity index is 1.47. The summed E-state index contributed by atoms with van der Waals surface area (Å²) in [7, 11) is 0. The van der Waals surface area contributed by atoms with Crippen molar-refractivity contribution in [2.75, 3.05) is 26.2 Å². The van der Waals surface area contributed by atoms with Gasteiger partial charge >= 0.3 is 0 Å². The van der Waals surface area contributed by atoms with Gasteiger partial charge in [0.05, 0.1) is 5.02 Å². The van der Waals surface area contributed by atoms with Gasteiger partial charge in [0, 0.05) is 30.6 Å². The van der Waals surface area contributed by atoms with Gasteiger partial charge in [-0.15, -0.1) is 11.3 Å². The van der Waals surface area contributed by atoms with E-state index in [0.29, 0.717) is 16.1 Å². The van der Waals surface area contributed by atoms with Gasteiger partial charge in [0.2, 0.25) is 0 Å². The first kappa shape index (κ1) is 16.1. The van der Waals surface area contributed by atoms with E-state index in [4.69, 9.17) is 11.6 Å². The van der Waals surface area contributed by atoms with Crippen LogP contribution in [0.4, 0.5) is 0 Å². The van der Waals surface area contributed by atoms with Gasteiger partial charge < -0.3 is 10.2 Å². The van der Waals surface area contributed by atoms with Crippen molar-refractivity contribution in [1.82, 2.24) is 15.2 Å². The molecule has 1 N–H and O–H groups in total. The topological polar surface area (TPSA) is 45.2 Å². The van der Waals surface area contributed by atoms with Gasteiger partial charge in [-0.05, 0) is 37.3 Å².